The van der Waals surface area contributed by atoms with Crippen molar-refractivity contribution in [2.24, 2.45) is 0 Å². The third kappa shape index (κ3) is 4.44. The molecule has 1 N–H and O–H groups in total. The van der Waals surface area contributed by atoms with E-state index in [1.165, 1.54) is 29.8 Å². The van der Waals surface area contributed by atoms with Gasteiger partial charge in [0, 0.05) is 5.56 Å². The van der Waals surface area contributed by atoms with Crippen LogP contribution in [0.2, 0.25) is 0 Å². The molecule has 0 bridgehead atoms. The number of halogens is 4. The number of aromatic amines is 1. The number of aromatic nitrogens is 2. The number of hydrogen-bond acceptors (Lipinski definition) is 1. The lowest BCUT2D eigenvalue weighted by Gasteiger charge is -2.18. The Kier molecular flexibility index (Phi) is 5.41. The minimum Gasteiger partial charge on any atom is -0.338 e. The maximum absolute atomic E-state index is 14.3. The Morgan fingerprint density at radius 3 is 2.16 bits per heavy atom. The highest BCUT2D eigenvalue weighted by atomic mass is 19.4. The van der Waals surface area contributed by atoms with Gasteiger partial charge in [0.05, 0.1) is 16.6 Å². The van der Waals surface area contributed by atoms with Gasteiger partial charge in [-0.25, -0.2) is 9.37 Å². The Labute approximate surface area is 183 Å². The summed E-state index contributed by atoms with van der Waals surface area (Å²) in [4.78, 5) is 7.31. The van der Waals surface area contributed by atoms with Crippen molar-refractivity contribution in [2.45, 2.75) is 32.4 Å². The van der Waals surface area contributed by atoms with Crippen molar-refractivity contribution in [1.29, 1.82) is 0 Å². The fraction of sp³-hybridized carbons (Fsp3) is 0.192. The third-order valence-electron chi connectivity index (χ3n) is 5.32. The number of nitrogens with one attached hydrogen (secondary N) is 1. The molecular formula is C26H22F4N2. The Morgan fingerprint density at radius 1 is 0.844 bits per heavy atom. The highest BCUT2D eigenvalue weighted by molar-refractivity contribution is 5.86. The molecule has 3 aromatic carbocycles. The number of rotatable bonds is 3. The Morgan fingerprint density at radius 2 is 1.53 bits per heavy atom. The number of fused-ring (bicyclic) bond motifs is 1. The van der Waals surface area contributed by atoms with E-state index in [0.717, 1.165) is 17.7 Å². The number of hydrogen-bond donors (Lipinski definition) is 1. The highest BCUT2D eigenvalue weighted by Gasteiger charge is 2.35. The van der Waals surface area contributed by atoms with E-state index >= 15 is 0 Å². The Hall–Kier alpha value is -3.41. The lowest BCUT2D eigenvalue weighted by atomic mass is 9.87. The molecule has 0 atom stereocenters. The van der Waals surface area contributed by atoms with E-state index in [4.69, 9.17) is 0 Å². The predicted molar refractivity (Wildman–Crippen MR) is 121 cm³/mol. The van der Waals surface area contributed by atoms with Gasteiger partial charge in [0.1, 0.15) is 11.6 Å². The smallest absolute Gasteiger partial charge is 0.338 e. The van der Waals surface area contributed by atoms with Crippen molar-refractivity contribution in [2.75, 3.05) is 0 Å². The van der Waals surface area contributed by atoms with Crippen LogP contribution in [-0.2, 0) is 11.6 Å². The summed E-state index contributed by atoms with van der Waals surface area (Å²) < 4.78 is 55.4. The second kappa shape index (κ2) is 7.93. The van der Waals surface area contributed by atoms with Gasteiger partial charge in [0.25, 0.3) is 0 Å². The van der Waals surface area contributed by atoms with Gasteiger partial charge in [-0.2, -0.15) is 13.2 Å². The lowest BCUT2D eigenvalue weighted by molar-refractivity contribution is -0.137. The second-order valence-corrected chi connectivity index (χ2v) is 8.72. The lowest BCUT2D eigenvalue weighted by Crippen LogP contribution is -2.10. The summed E-state index contributed by atoms with van der Waals surface area (Å²) >= 11 is 0. The fourth-order valence-electron chi connectivity index (χ4n) is 3.56. The zero-order valence-corrected chi connectivity index (χ0v) is 17.9. The quantitative estimate of drug-likeness (QED) is 0.324. The maximum Gasteiger partial charge on any atom is 0.417 e. The molecule has 0 unspecified atom stereocenters. The van der Waals surface area contributed by atoms with Gasteiger partial charge in [0.2, 0.25) is 0 Å². The van der Waals surface area contributed by atoms with E-state index in [2.05, 4.69) is 42.9 Å². The van der Waals surface area contributed by atoms with Gasteiger partial charge in [-0.15, -0.1) is 0 Å². The van der Waals surface area contributed by atoms with Crippen LogP contribution in [0.5, 0.6) is 0 Å². The van der Waals surface area contributed by atoms with Crippen molar-refractivity contribution in [3.05, 3.63) is 89.0 Å². The van der Waals surface area contributed by atoms with Crippen molar-refractivity contribution >= 4 is 23.2 Å². The molecule has 1 aromatic heterocycles. The van der Waals surface area contributed by atoms with E-state index in [9.17, 15) is 17.6 Å². The van der Waals surface area contributed by atoms with Crippen LogP contribution >= 0.6 is 0 Å². The Balaban J connectivity index is 1.73. The van der Waals surface area contributed by atoms with Crippen LogP contribution in [0.25, 0.3) is 34.3 Å². The first-order valence-corrected chi connectivity index (χ1v) is 10.2. The first-order chi connectivity index (χ1) is 15.0. The zero-order chi connectivity index (χ0) is 23.1. The molecule has 0 aliphatic heterocycles. The first-order valence-electron chi connectivity index (χ1n) is 10.2. The van der Waals surface area contributed by atoms with Gasteiger partial charge in [-0.3, -0.25) is 0 Å². The molecule has 0 spiro atoms. The largest absolute Gasteiger partial charge is 0.417 e. The fourth-order valence-corrected chi connectivity index (χ4v) is 3.56. The average Bonchev–Trinajstić information content (AvgIpc) is 3.13. The van der Waals surface area contributed by atoms with E-state index in [1.54, 1.807) is 6.08 Å². The number of alkyl halides is 3. The van der Waals surface area contributed by atoms with Gasteiger partial charge in [-0.05, 0) is 46.4 Å². The van der Waals surface area contributed by atoms with Crippen molar-refractivity contribution in [3.63, 3.8) is 0 Å². The molecule has 6 heteroatoms. The van der Waals surface area contributed by atoms with E-state index in [0.29, 0.717) is 11.3 Å². The zero-order valence-electron chi connectivity index (χ0n) is 17.9. The molecule has 0 saturated heterocycles. The van der Waals surface area contributed by atoms with Gasteiger partial charge < -0.3 is 4.98 Å². The molecule has 0 fully saturated rings. The van der Waals surface area contributed by atoms with Crippen LogP contribution in [0.3, 0.4) is 0 Å². The van der Waals surface area contributed by atoms with Crippen molar-refractivity contribution in [3.8, 4) is 11.1 Å². The molecule has 4 aromatic rings. The summed E-state index contributed by atoms with van der Waals surface area (Å²) in [6.07, 6.45) is -1.09. The monoisotopic (exact) mass is 438 g/mol. The standard InChI is InChI=1S/C26H22F4N2/c1-25(2,3)17-11-8-16(9-12-17)10-13-24-31-22-14-19(18-6-4-5-7-21(18)27)20(26(28,29)30)15-23(22)32-24/h4-15H,1-3H3,(H,31,32). The molecule has 1 heterocycles. The van der Waals surface area contributed by atoms with Crippen molar-refractivity contribution in [1.82, 2.24) is 9.97 Å². The average molecular weight is 438 g/mol. The summed E-state index contributed by atoms with van der Waals surface area (Å²) in [5, 5.41) is 0. The number of imidazole rings is 1. The molecule has 2 nitrogen and oxygen atoms in total. The Bertz CT molecular complexity index is 1290. The molecular weight excluding hydrogens is 416 g/mol. The molecule has 0 saturated carbocycles. The molecule has 4 rings (SSSR count). The number of nitrogens with zero attached hydrogens (tertiary/aromatic N) is 1. The SMILES string of the molecule is CC(C)(C)c1ccc(C=Cc2nc3cc(-c4ccccc4F)c(C(F)(F)F)cc3[nH]2)cc1. The molecule has 32 heavy (non-hydrogen) atoms. The van der Waals surface area contributed by atoms with Crippen molar-refractivity contribution < 1.29 is 17.6 Å². The normalized spacial score (nSPS) is 12.7. The molecule has 0 aliphatic rings. The number of benzene rings is 3. The van der Waals surface area contributed by atoms with E-state index in [-0.39, 0.29) is 22.1 Å². The second-order valence-electron chi connectivity index (χ2n) is 8.72. The summed E-state index contributed by atoms with van der Waals surface area (Å²) in [5.41, 5.74) is 1.52. The minimum atomic E-state index is -4.64. The molecule has 0 radical (unpaired) electrons. The molecule has 164 valence electrons. The van der Waals surface area contributed by atoms with Crippen LogP contribution in [0.4, 0.5) is 17.6 Å². The number of H-pyrrole nitrogens is 1. The van der Waals surface area contributed by atoms with Gasteiger partial charge in [0.15, 0.2) is 0 Å². The summed E-state index contributed by atoms with van der Waals surface area (Å²) in [5.74, 6) is -0.301. The van der Waals surface area contributed by atoms with E-state index < -0.39 is 17.6 Å². The maximum atomic E-state index is 14.3. The first kappa shape index (κ1) is 21.8. The molecule has 0 amide bonds. The van der Waals surface area contributed by atoms with Gasteiger partial charge >= 0.3 is 6.18 Å². The van der Waals surface area contributed by atoms with Gasteiger partial charge in [-0.1, -0.05) is 69.3 Å². The molecule has 0 aliphatic carbocycles. The predicted octanol–water partition coefficient (Wildman–Crippen LogP) is 7.86. The van der Waals surface area contributed by atoms with Crippen LogP contribution < -0.4 is 0 Å². The summed E-state index contributed by atoms with van der Waals surface area (Å²) in [7, 11) is 0. The third-order valence-corrected chi connectivity index (χ3v) is 5.32. The minimum absolute atomic E-state index is 0.0487. The van der Waals surface area contributed by atoms with Crippen LogP contribution in [-0.4, -0.2) is 9.97 Å². The highest BCUT2D eigenvalue weighted by Crippen LogP contribution is 2.40. The van der Waals surface area contributed by atoms with Crippen LogP contribution in [0.1, 0.15) is 43.3 Å². The van der Waals surface area contributed by atoms with Crippen LogP contribution in [0.15, 0.2) is 60.7 Å². The summed E-state index contributed by atoms with van der Waals surface area (Å²) in [6.45, 7) is 6.41. The van der Waals surface area contributed by atoms with E-state index in [1.807, 2.05) is 18.2 Å². The topological polar surface area (TPSA) is 28.7 Å². The van der Waals surface area contributed by atoms with Crippen LogP contribution in [0, 0.1) is 5.82 Å². The summed E-state index contributed by atoms with van der Waals surface area (Å²) in [6, 6.07) is 15.8.